The summed E-state index contributed by atoms with van der Waals surface area (Å²) in [6.07, 6.45) is 6.21. The number of allylic oxidation sites excluding steroid dienone is 4. The maximum absolute atomic E-state index is 2.65. The van der Waals surface area contributed by atoms with Crippen LogP contribution in [0.4, 0.5) is 0 Å². The van der Waals surface area contributed by atoms with Crippen molar-refractivity contribution in [1.29, 1.82) is 0 Å². The van der Waals surface area contributed by atoms with Crippen molar-refractivity contribution in [3.63, 3.8) is 0 Å². The third kappa shape index (κ3) is 6.22. The predicted octanol–water partition coefficient (Wildman–Crippen LogP) is 10.9. The summed E-state index contributed by atoms with van der Waals surface area (Å²) < 4.78 is 4.87. The second-order valence-corrected chi connectivity index (χ2v) is 20.0. The molecule has 0 radical (unpaired) electrons. The van der Waals surface area contributed by atoms with Gasteiger partial charge < -0.3 is 0 Å². The van der Waals surface area contributed by atoms with Crippen LogP contribution in [0.1, 0.15) is 103 Å². The summed E-state index contributed by atoms with van der Waals surface area (Å²) in [5, 5.41) is 0. The summed E-state index contributed by atoms with van der Waals surface area (Å²) in [4.78, 5) is 0. The SMILES string of the molecule is CC1C=C(C(C)(C)C)C=[C]1[Ti](=[C](c1ccccc1)c1ccccc1)[c]1cc(C(C)(C)C)cc2c1Cc1ccc(C(C)(C)C)cc1-2. The van der Waals surface area contributed by atoms with Crippen LogP contribution in [-0.4, -0.2) is 3.81 Å². The molecule has 0 saturated carbocycles. The molecular formula is C44H50Ti. The number of rotatable bonds is 4. The van der Waals surface area contributed by atoms with Gasteiger partial charge in [0, 0.05) is 0 Å². The first-order valence-electron chi connectivity index (χ1n) is 16.7. The molecule has 4 aromatic carbocycles. The van der Waals surface area contributed by atoms with Gasteiger partial charge >= 0.3 is 280 Å². The molecule has 1 heteroatoms. The van der Waals surface area contributed by atoms with Gasteiger partial charge in [0.15, 0.2) is 0 Å². The molecule has 0 fully saturated rings. The maximum atomic E-state index is 2.65. The standard InChI is InChI=1S/C21H25.C13H10.C10H15.Ti/c1-20(2,3)16-9-7-14-11-15-8-10-17(21(4,5)6)13-19(15)18(14)12-16;1-3-7-12(8-4-1)11-13-9-5-2-6-10-13;1-8-5-6-9(7-8)10(2,3)4;/h7,9-10,12-13H,11H2,1-6H3;1-10H;6-8H,1-4H3;. The van der Waals surface area contributed by atoms with E-state index in [4.69, 9.17) is 0 Å². The molecule has 0 amide bonds. The Balaban J connectivity index is 1.75. The fourth-order valence-corrected chi connectivity index (χ4v) is 12.3. The second kappa shape index (κ2) is 11.6. The van der Waals surface area contributed by atoms with Crippen molar-refractivity contribution in [2.75, 3.05) is 0 Å². The van der Waals surface area contributed by atoms with Crippen LogP contribution in [-0.2, 0) is 34.7 Å². The molecule has 1 atom stereocenters. The Morgan fingerprint density at radius 2 is 1.18 bits per heavy atom. The van der Waals surface area contributed by atoms with Gasteiger partial charge in [-0.15, -0.1) is 0 Å². The van der Waals surface area contributed by atoms with E-state index in [-0.39, 0.29) is 16.2 Å². The van der Waals surface area contributed by atoms with E-state index in [1.54, 1.807) is 17.1 Å². The van der Waals surface area contributed by atoms with Crippen molar-refractivity contribution in [2.24, 2.45) is 11.3 Å². The second-order valence-electron chi connectivity index (χ2n) is 16.3. The first kappa shape index (κ1) is 31.9. The van der Waals surface area contributed by atoms with Gasteiger partial charge in [-0.05, 0) is 0 Å². The van der Waals surface area contributed by atoms with Gasteiger partial charge in [-0.25, -0.2) is 0 Å². The predicted molar refractivity (Wildman–Crippen MR) is 193 cm³/mol. The van der Waals surface area contributed by atoms with E-state index in [0.29, 0.717) is 5.92 Å². The summed E-state index contributed by atoms with van der Waals surface area (Å²) >= 11 is -2.40. The zero-order valence-electron chi connectivity index (χ0n) is 29.1. The van der Waals surface area contributed by atoms with Gasteiger partial charge in [0.1, 0.15) is 0 Å². The van der Waals surface area contributed by atoms with Gasteiger partial charge in [-0.2, -0.15) is 0 Å². The molecule has 6 rings (SSSR count). The average molecular weight is 627 g/mol. The summed E-state index contributed by atoms with van der Waals surface area (Å²) in [6, 6.07) is 35.1. The Morgan fingerprint density at radius 1 is 0.622 bits per heavy atom. The molecule has 0 nitrogen and oxygen atoms in total. The summed E-state index contributed by atoms with van der Waals surface area (Å²) in [6.45, 7) is 23.7. The molecule has 230 valence electrons. The topological polar surface area (TPSA) is 0 Å². The molecule has 0 aliphatic heterocycles. The molecular weight excluding hydrogens is 576 g/mol. The van der Waals surface area contributed by atoms with Gasteiger partial charge in [0.2, 0.25) is 0 Å². The molecule has 0 aromatic heterocycles. The van der Waals surface area contributed by atoms with Crippen LogP contribution >= 0.6 is 0 Å². The van der Waals surface area contributed by atoms with E-state index in [1.807, 2.05) is 0 Å². The first-order valence-corrected chi connectivity index (χ1v) is 19.1. The van der Waals surface area contributed by atoms with Crippen LogP contribution in [0, 0.1) is 11.3 Å². The normalized spacial score (nSPS) is 16.2. The zero-order valence-corrected chi connectivity index (χ0v) is 30.7. The van der Waals surface area contributed by atoms with Crippen molar-refractivity contribution in [2.45, 2.75) is 86.5 Å². The molecule has 0 spiro atoms. The molecule has 0 saturated heterocycles. The molecule has 45 heavy (non-hydrogen) atoms. The van der Waals surface area contributed by atoms with E-state index < -0.39 is 17.4 Å². The third-order valence-corrected chi connectivity index (χ3v) is 14.8. The molecule has 0 heterocycles. The van der Waals surface area contributed by atoms with Crippen molar-refractivity contribution < 1.29 is 17.4 Å². The van der Waals surface area contributed by atoms with E-state index >= 15 is 0 Å². The van der Waals surface area contributed by atoms with Crippen LogP contribution in [0.3, 0.4) is 0 Å². The van der Waals surface area contributed by atoms with E-state index in [0.717, 1.165) is 6.42 Å². The Labute approximate surface area is 278 Å². The van der Waals surface area contributed by atoms with Crippen LogP contribution < -0.4 is 3.87 Å². The molecule has 4 aromatic rings. The molecule has 1 unspecified atom stereocenters. The number of fused-ring (bicyclic) bond motifs is 3. The monoisotopic (exact) mass is 626 g/mol. The van der Waals surface area contributed by atoms with Crippen LogP contribution in [0.15, 0.2) is 113 Å². The summed E-state index contributed by atoms with van der Waals surface area (Å²) in [5.74, 6) is 0.418. The molecule has 2 aliphatic carbocycles. The number of benzene rings is 4. The average Bonchev–Trinajstić information content (AvgIpc) is 3.55. The van der Waals surface area contributed by atoms with Gasteiger partial charge in [-0.3, -0.25) is 0 Å². The number of hydrogen-bond donors (Lipinski definition) is 0. The minimum atomic E-state index is -2.40. The molecule has 0 bridgehead atoms. The fourth-order valence-electron chi connectivity index (χ4n) is 6.97. The Morgan fingerprint density at radius 3 is 1.69 bits per heavy atom. The van der Waals surface area contributed by atoms with Crippen LogP contribution in [0.5, 0.6) is 0 Å². The third-order valence-electron chi connectivity index (χ3n) is 9.78. The van der Waals surface area contributed by atoms with Crippen LogP contribution in [0.25, 0.3) is 11.1 Å². The first-order chi connectivity index (χ1) is 21.1. The quantitative estimate of drug-likeness (QED) is 0.174. The Bertz CT molecular complexity index is 1800. The molecule has 2 aliphatic rings. The van der Waals surface area contributed by atoms with Crippen molar-refractivity contribution >= 4 is 7.68 Å². The van der Waals surface area contributed by atoms with Crippen LogP contribution in [0.2, 0.25) is 0 Å². The van der Waals surface area contributed by atoms with Crippen molar-refractivity contribution in [1.82, 2.24) is 0 Å². The summed E-state index contributed by atoms with van der Waals surface area (Å²) in [7, 11) is 0. The Kier molecular flexibility index (Phi) is 8.25. The number of hydrogen-bond acceptors (Lipinski definition) is 0. The van der Waals surface area contributed by atoms with E-state index in [2.05, 4.69) is 172 Å². The van der Waals surface area contributed by atoms with Gasteiger partial charge in [0.25, 0.3) is 0 Å². The van der Waals surface area contributed by atoms with Gasteiger partial charge in [-0.1, -0.05) is 0 Å². The van der Waals surface area contributed by atoms with Crippen molar-refractivity contribution in [3.8, 4) is 11.1 Å². The van der Waals surface area contributed by atoms with E-state index in [1.165, 1.54) is 44.5 Å². The Hall–Kier alpha value is -3.06. The van der Waals surface area contributed by atoms with Crippen molar-refractivity contribution in [3.05, 3.63) is 146 Å². The minimum absolute atomic E-state index is 0.0434. The summed E-state index contributed by atoms with van der Waals surface area (Å²) in [5.41, 5.74) is 13.3. The zero-order chi connectivity index (χ0) is 32.3. The fraction of sp³-hybridized carbons (Fsp3) is 0.341. The molecule has 0 N–H and O–H groups in total. The van der Waals surface area contributed by atoms with Gasteiger partial charge in [0.05, 0.1) is 0 Å². The van der Waals surface area contributed by atoms with E-state index in [9.17, 15) is 0 Å².